The summed E-state index contributed by atoms with van der Waals surface area (Å²) in [6, 6.07) is 0. The molecule has 1 aliphatic carbocycles. The molecule has 3 atom stereocenters. The van der Waals surface area contributed by atoms with E-state index in [-0.39, 0.29) is 0 Å². The highest BCUT2D eigenvalue weighted by atomic mass is 32.1. The lowest BCUT2D eigenvalue weighted by molar-refractivity contribution is -0.133. The summed E-state index contributed by atoms with van der Waals surface area (Å²) >= 11 is 5.31. The number of aromatic amines is 1. The van der Waals surface area contributed by atoms with E-state index < -0.39 is 0 Å². The summed E-state index contributed by atoms with van der Waals surface area (Å²) in [5, 5.41) is 7.35. The number of hydrogen-bond acceptors (Lipinski definition) is 3. The predicted octanol–water partition coefficient (Wildman–Crippen LogP) is 3.88. The monoisotopic (exact) mass is 350 g/mol. The van der Waals surface area contributed by atoms with Crippen molar-refractivity contribution in [2.45, 2.75) is 71.3 Å². The van der Waals surface area contributed by atoms with E-state index in [0.29, 0.717) is 22.5 Å². The lowest BCUT2D eigenvalue weighted by atomic mass is 9.80. The highest BCUT2D eigenvalue weighted by Gasteiger charge is 2.30. The van der Waals surface area contributed by atoms with Gasteiger partial charge in [-0.15, -0.1) is 0 Å². The topological polar surface area (TPSA) is 53.9 Å². The molecular formula is C18H30N4OS. The van der Waals surface area contributed by atoms with E-state index in [2.05, 4.69) is 33.5 Å². The van der Waals surface area contributed by atoms with Crippen LogP contribution in [0.25, 0.3) is 0 Å². The Labute approximate surface area is 149 Å². The Morgan fingerprint density at radius 3 is 2.92 bits per heavy atom. The molecule has 0 aromatic carbocycles. The summed E-state index contributed by atoms with van der Waals surface area (Å²) in [6.45, 7) is 6.93. The third-order valence-electron chi connectivity index (χ3n) is 5.75. The van der Waals surface area contributed by atoms with Crippen LogP contribution in [-0.4, -0.2) is 38.7 Å². The average molecular weight is 351 g/mol. The minimum Gasteiger partial charge on any atom is -0.342 e. The van der Waals surface area contributed by atoms with Crippen LogP contribution in [0.15, 0.2) is 0 Å². The van der Waals surface area contributed by atoms with Gasteiger partial charge in [-0.25, -0.2) is 0 Å². The molecule has 0 spiro atoms. The van der Waals surface area contributed by atoms with Gasteiger partial charge in [-0.05, 0) is 56.7 Å². The number of carbonyl (C=O) groups excluding carboxylic acids is 1. The summed E-state index contributed by atoms with van der Waals surface area (Å²) in [7, 11) is 0. The quantitative estimate of drug-likeness (QED) is 0.838. The molecule has 2 heterocycles. The molecule has 1 aliphatic heterocycles. The second-order valence-corrected chi connectivity index (χ2v) is 8.04. The third kappa shape index (κ3) is 3.90. The van der Waals surface area contributed by atoms with E-state index >= 15 is 0 Å². The number of amides is 1. The molecule has 0 bridgehead atoms. The Balaban J connectivity index is 1.62. The van der Waals surface area contributed by atoms with Crippen molar-refractivity contribution in [3.05, 3.63) is 10.6 Å². The molecule has 1 aromatic rings. The number of likely N-dealkylation sites (tertiary alicyclic amines) is 1. The van der Waals surface area contributed by atoms with Crippen LogP contribution in [0.1, 0.15) is 70.5 Å². The van der Waals surface area contributed by atoms with Crippen molar-refractivity contribution >= 4 is 18.1 Å². The molecule has 3 unspecified atom stereocenters. The van der Waals surface area contributed by atoms with E-state index in [1.54, 1.807) is 0 Å². The molecule has 5 nitrogen and oxygen atoms in total. The number of piperidine rings is 1. The maximum Gasteiger partial charge on any atom is 0.222 e. The molecule has 1 N–H and O–H groups in total. The number of carbonyl (C=O) groups is 1. The molecular weight excluding hydrogens is 320 g/mol. The first-order valence-corrected chi connectivity index (χ1v) is 9.92. The zero-order valence-electron chi connectivity index (χ0n) is 15.0. The van der Waals surface area contributed by atoms with Crippen LogP contribution in [0.3, 0.4) is 0 Å². The molecule has 0 radical (unpaired) electrons. The van der Waals surface area contributed by atoms with E-state index in [1.165, 1.54) is 25.7 Å². The van der Waals surface area contributed by atoms with Gasteiger partial charge < -0.3 is 9.47 Å². The van der Waals surface area contributed by atoms with E-state index in [1.807, 2.05) is 0 Å². The second kappa shape index (κ2) is 7.81. The number of rotatable bonds is 4. The van der Waals surface area contributed by atoms with Crippen molar-refractivity contribution in [1.29, 1.82) is 0 Å². The van der Waals surface area contributed by atoms with Gasteiger partial charge in [-0.1, -0.05) is 19.8 Å². The second-order valence-electron chi connectivity index (χ2n) is 7.65. The van der Waals surface area contributed by atoms with Crippen molar-refractivity contribution < 1.29 is 4.79 Å². The van der Waals surface area contributed by atoms with Crippen LogP contribution in [0.5, 0.6) is 0 Å². The van der Waals surface area contributed by atoms with Crippen LogP contribution in [0, 0.1) is 16.6 Å². The van der Waals surface area contributed by atoms with Crippen LogP contribution in [-0.2, 0) is 11.3 Å². The van der Waals surface area contributed by atoms with Gasteiger partial charge in [0.25, 0.3) is 0 Å². The van der Waals surface area contributed by atoms with E-state index in [0.717, 1.165) is 50.6 Å². The van der Waals surface area contributed by atoms with E-state index in [4.69, 9.17) is 12.2 Å². The zero-order valence-corrected chi connectivity index (χ0v) is 15.8. The molecule has 134 valence electrons. The molecule has 2 aliphatic rings. The minimum atomic E-state index is 0.306. The lowest BCUT2D eigenvalue weighted by Gasteiger charge is -2.34. The number of aromatic nitrogens is 3. The lowest BCUT2D eigenvalue weighted by Crippen LogP contribution is -2.40. The number of nitrogens with zero attached hydrogens (tertiary/aromatic N) is 3. The normalized spacial score (nSPS) is 28.1. The molecule has 3 rings (SSSR count). The SMILES string of the molecule is CCn1c(C2CCCN(C(=O)CC3CCCC(C)C3)C2)n[nH]c1=S. The molecule has 1 saturated carbocycles. The van der Waals surface area contributed by atoms with Gasteiger partial charge in [0.15, 0.2) is 4.77 Å². The smallest absolute Gasteiger partial charge is 0.222 e. The van der Waals surface area contributed by atoms with Gasteiger partial charge in [-0.2, -0.15) is 5.10 Å². The Kier molecular flexibility index (Phi) is 5.74. The van der Waals surface area contributed by atoms with Gasteiger partial charge in [-0.3, -0.25) is 9.89 Å². The summed E-state index contributed by atoms with van der Waals surface area (Å²) in [5.41, 5.74) is 0. The highest BCUT2D eigenvalue weighted by Crippen LogP contribution is 2.32. The summed E-state index contributed by atoms with van der Waals surface area (Å²) in [4.78, 5) is 14.9. The predicted molar refractivity (Wildman–Crippen MR) is 97.4 cm³/mol. The third-order valence-corrected chi connectivity index (χ3v) is 6.06. The van der Waals surface area contributed by atoms with Crippen molar-refractivity contribution in [2.75, 3.05) is 13.1 Å². The van der Waals surface area contributed by atoms with Gasteiger partial charge in [0.2, 0.25) is 5.91 Å². The Hall–Kier alpha value is -1.17. The maximum atomic E-state index is 12.8. The van der Waals surface area contributed by atoms with Crippen molar-refractivity contribution in [3.63, 3.8) is 0 Å². The average Bonchev–Trinajstić information content (AvgIpc) is 2.95. The molecule has 1 amide bonds. The Bertz CT molecular complexity index is 623. The largest absolute Gasteiger partial charge is 0.342 e. The van der Waals surface area contributed by atoms with Crippen LogP contribution in [0.4, 0.5) is 0 Å². The molecule has 1 saturated heterocycles. The minimum absolute atomic E-state index is 0.306. The van der Waals surface area contributed by atoms with Crippen molar-refractivity contribution in [2.24, 2.45) is 11.8 Å². The van der Waals surface area contributed by atoms with Crippen molar-refractivity contribution in [1.82, 2.24) is 19.7 Å². The first-order chi connectivity index (χ1) is 11.6. The van der Waals surface area contributed by atoms with Crippen LogP contribution >= 0.6 is 12.2 Å². The van der Waals surface area contributed by atoms with E-state index in [9.17, 15) is 4.79 Å². The van der Waals surface area contributed by atoms with Gasteiger partial charge in [0.1, 0.15) is 5.82 Å². The molecule has 1 aromatic heterocycles. The Morgan fingerprint density at radius 1 is 1.33 bits per heavy atom. The standard InChI is InChI=1S/C18H30N4OS/c1-3-22-17(19-20-18(22)24)15-8-5-9-21(12-15)16(23)11-14-7-4-6-13(2)10-14/h13-15H,3-12H2,1-2H3,(H,20,24). The van der Waals surface area contributed by atoms with Crippen LogP contribution in [0.2, 0.25) is 0 Å². The fourth-order valence-corrected chi connectivity index (χ4v) is 4.75. The maximum absolute atomic E-state index is 12.8. The van der Waals surface area contributed by atoms with Gasteiger partial charge in [0, 0.05) is 32.0 Å². The summed E-state index contributed by atoms with van der Waals surface area (Å²) in [6.07, 6.45) is 7.94. The van der Waals surface area contributed by atoms with Crippen LogP contribution < -0.4 is 0 Å². The number of H-pyrrole nitrogens is 1. The van der Waals surface area contributed by atoms with Gasteiger partial charge in [0.05, 0.1) is 0 Å². The number of hydrogen-bond donors (Lipinski definition) is 1. The van der Waals surface area contributed by atoms with Crippen molar-refractivity contribution in [3.8, 4) is 0 Å². The summed E-state index contributed by atoms with van der Waals surface area (Å²) in [5.74, 6) is 3.04. The first-order valence-electron chi connectivity index (χ1n) is 9.51. The fraction of sp³-hybridized carbons (Fsp3) is 0.833. The molecule has 2 fully saturated rings. The summed E-state index contributed by atoms with van der Waals surface area (Å²) < 4.78 is 2.75. The van der Waals surface area contributed by atoms with Gasteiger partial charge >= 0.3 is 0 Å². The molecule has 6 heteroatoms. The first kappa shape index (κ1) is 17.6. The zero-order chi connectivity index (χ0) is 17.1. The number of nitrogens with one attached hydrogen (secondary N) is 1. The fourth-order valence-electron chi connectivity index (χ4n) is 4.48. The Morgan fingerprint density at radius 2 is 2.17 bits per heavy atom. The highest BCUT2D eigenvalue weighted by molar-refractivity contribution is 7.71. The molecule has 24 heavy (non-hydrogen) atoms.